The molecule has 1 unspecified atom stereocenters. The fraction of sp³-hybridized carbons (Fsp3) is 0.417. The molecule has 1 aromatic carbocycles. The Morgan fingerprint density at radius 1 is 1.59 bits per heavy atom. The molecule has 2 N–H and O–H groups in total. The highest BCUT2D eigenvalue weighted by Gasteiger charge is 2.31. The number of benzene rings is 1. The first-order chi connectivity index (χ1) is 8.15. The van der Waals surface area contributed by atoms with E-state index in [0.29, 0.717) is 13.0 Å². The highest BCUT2D eigenvalue weighted by atomic mass is 79.9. The van der Waals surface area contributed by atoms with Gasteiger partial charge < -0.3 is 15.3 Å². The summed E-state index contributed by atoms with van der Waals surface area (Å²) in [5, 5.41) is 12.2. The molecular weight excluding hydrogens is 284 g/mol. The van der Waals surface area contributed by atoms with Crippen LogP contribution in [0.1, 0.15) is 6.42 Å². The van der Waals surface area contributed by atoms with Gasteiger partial charge in [-0.1, -0.05) is 15.9 Å². The molecule has 1 fully saturated rings. The SMILES string of the molecule is CNc1ccc(Br)cc1N1CC(CO)CC1=O. The van der Waals surface area contributed by atoms with Gasteiger partial charge in [0.25, 0.3) is 0 Å². The highest BCUT2D eigenvalue weighted by molar-refractivity contribution is 9.10. The standard InChI is InChI=1S/C12H15BrN2O2/c1-14-10-3-2-9(13)5-11(10)15-6-8(7-16)4-12(15)17/h2-3,5,8,14,16H,4,6-7H2,1H3. The second kappa shape index (κ2) is 5.06. The zero-order valence-electron chi connectivity index (χ0n) is 9.61. The van der Waals surface area contributed by atoms with E-state index in [1.54, 1.807) is 4.90 Å². The maximum atomic E-state index is 11.9. The van der Waals surface area contributed by atoms with Gasteiger partial charge >= 0.3 is 0 Å². The Hall–Kier alpha value is -1.07. The highest BCUT2D eigenvalue weighted by Crippen LogP contribution is 2.33. The molecule has 1 saturated heterocycles. The van der Waals surface area contributed by atoms with Gasteiger partial charge in [0.05, 0.1) is 11.4 Å². The Labute approximate surface area is 109 Å². The predicted molar refractivity (Wildman–Crippen MR) is 71.2 cm³/mol. The number of rotatable bonds is 3. The lowest BCUT2D eigenvalue weighted by Gasteiger charge is -2.20. The number of aliphatic hydroxyl groups is 1. The van der Waals surface area contributed by atoms with Gasteiger partial charge in [-0.2, -0.15) is 0 Å². The molecule has 1 aliphatic heterocycles. The zero-order chi connectivity index (χ0) is 12.4. The maximum Gasteiger partial charge on any atom is 0.227 e. The van der Waals surface area contributed by atoms with Crippen LogP contribution in [0, 0.1) is 5.92 Å². The number of carbonyl (C=O) groups is 1. The van der Waals surface area contributed by atoms with Gasteiger partial charge in [-0.25, -0.2) is 0 Å². The molecule has 1 heterocycles. The van der Waals surface area contributed by atoms with E-state index in [1.165, 1.54) is 0 Å². The van der Waals surface area contributed by atoms with Gasteiger partial charge in [0, 0.05) is 37.0 Å². The van der Waals surface area contributed by atoms with Crippen molar-refractivity contribution in [2.45, 2.75) is 6.42 Å². The number of hydrogen-bond donors (Lipinski definition) is 2. The minimum atomic E-state index is 0.0474. The molecule has 0 bridgehead atoms. The number of amides is 1. The monoisotopic (exact) mass is 298 g/mol. The third kappa shape index (κ3) is 2.45. The van der Waals surface area contributed by atoms with Crippen LogP contribution < -0.4 is 10.2 Å². The molecule has 1 atom stereocenters. The quantitative estimate of drug-likeness (QED) is 0.895. The van der Waals surface area contributed by atoms with Crippen molar-refractivity contribution >= 4 is 33.2 Å². The molecule has 0 aliphatic carbocycles. The van der Waals surface area contributed by atoms with Gasteiger partial charge in [0.2, 0.25) is 5.91 Å². The lowest BCUT2D eigenvalue weighted by atomic mass is 10.1. The Bertz CT molecular complexity index is 437. The van der Waals surface area contributed by atoms with Crippen molar-refractivity contribution in [3.63, 3.8) is 0 Å². The summed E-state index contributed by atoms with van der Waals surface area (Å²) in [6.45, 7) is 0.644. The van der Waals surface area contributed by atoms with Crippen LogP contribution in [0.4, 0.5) is 11.4 Å². The van der Waals surface area contributed by atoms with Crippen molar-refractivity contribution < 1.29 is 9.90 Å². The zero-order valence-corrected chi connectivity index (χ0v) is 11.2. The van der Waals surface area contributed by atoms with Crippen LogP contribution in [0.5, 0.6) is 0 Å². The Morgan fingerprint density at radius 3 is 2.94 bits per heavy atom. The van der Waals surface area contributed by atoms with Crippen molar-refractivity contribution in [1.29, 1.82) is 0 Å². The van der Waals surface area contributed by atoms with E-state index in [9.17, 15) is 4.79 Å². The molecule has 4 nitrogen and oxygen atoms in total. The summed E-state index contributed by atoms with van der Waals surface area (Å²) in [7, 11) is 1.83. The topological polar surface area (TPSA) is 52.6 Å². The first-order valence-corrected chi connectivity index (χ1v) is 6.33. The van der Waals surface area contributed by atoms with Gasteiger partial charge in [-0.3, -0.25) is 4.79 Å². The fourth-order valence-corrected chi connectivity index (χ4v) is 2.43. The van der Waals surface area contributed by atoms with Crippen LogP contribution in [0.15, 0.2) is 22.7 Å². The lowest BCUT2D eigenvalue weighted by molar-refractivity contribution is -0.117. The molecule has 0 radical (unpaired) electrons. The van der Waals surface area contributed by atoms with Crippen LogP contribution in [-0.2, 0) is 4.79 Å². The molecule has 0 aromatic heterocycles. The molecule has 5 heteroatoms. The molecule has 92 valence electrons. The molecule has 1 aliphatic rings. The van der Waals surface area contributed by atoms with Crippen molar-refractivity contribution in [2.75, 3.05) is 30.4 Å². The van der Waals surface area contributed by atoms with Crippen LogP contribution in [0.3, 0.4) is 0 Å². The van der Waals surface area contributed by atoms with Gasteiger partial charge in [-0.15, -0.1) is 0 Å². The first-order valence-electron chi connectivity index (χ1n) is 5.54. The lowest BCUT2D eigenvalue weighted by Crippen LogP contribution is -2.25. The minimum absolute atomic E-state index is 0.0474. The molecule has 1 amide bonds. The predicted octanol–water partition coefficient (Wildman–Crippen LogP) is 1.84. The van der Waals surface area contributed by atoms with Gasteiger partial charge in [0.15, 0.2) is 0 Å². The maximum absolute atomic E-state index is 11.9. The summed E-state index contributed by atoms with van der Waals surface area (Å²) >= 11 is 3.41. The van der Waals surface area contributed by atoms with Gasteiger partial charge in [0.1, 0.15) is 0 Å². The third-order valence-electron chi connectivity index (χ3n) is 2.98. The van der Waals surface area contributed by atoms with E-state index in [4.69, 9.17) is 5.11 Å². The largest absolute Gasteiger partial charge is 0.396 e. The molecule has 0 saturated carbocycles. The van der Waals surface area contributed by atoms with Crippen LogP contribution in [0.2, 0.25) is 0 Å². The van der Waals surface area contributed by atoms with E-state index < -0.39 is 0 Å². The van der Waals surface area contributed by atoms with Crippen molar-refractivity contribution in [2.24, 2.45) is 5.92 Å². The van der Waals surface area contributed by atoms with Crippen molar-refractivity contribution in [1.82, 2.24) is 0 Å². The molecule has 2 rings (SSSR count). The Kier molecular flexibility index (Phi) is 3.69. The summed E-state index contributed by atoms with van der Waals surface area (Å²) in [5.41, 5.74) is 1.78. The molecule has 17 heavy (non-hydrogen) atoms. The number of anilines is 2. The molecule has 1 aromatic rings. The third-order valence-corrected chi connectivity index (χ3v) is 3.48. The van der Waals surface area contributed by atoms with Crippen LogP contribution >= 0.6 is 15.9 Å². The van der Waals surface area contributed by atoms with Crippen LogP contribution in [-0.4, -0.2) is 31.2 Å². The summed E-state index contributed by atoms with van der Waals surface area (Å²) < 4.78 is 0.937. The number of nitrogens with one attached hydrogen (secondary N) is 1. The van der Waals surface area contributed by atoms with Crippen molar-refractivity contribution in [3.05, 3.63) is 22.7 Å². The molecule has 0 spiro atoms. The number of halogens is 1. The fourth-order valence-electron chi connectivity index (χ4n) is 2.08. The first kappa shape index (κ1) is 12.4. The average Bonchev–Trinajstić information content (AvgIpc) is 2.70. The van der Waals surface area contributed by atoms with E-state index in [-0.39, 0.29) is 18.4 Å². The number of hydrogen-bond acceptors (Lipinski definition) is 3. The Morgan fingerprint density at radius 2 is 2.35 bits per heavy atom. The summed E-state index contributed by atoms with van der Waals surface area (Å²) in [6, 6.07) is 5.78. The number of aliphatic hydroxyl groups excluding tert-OH is 1. The van der Waals surface area contributed by atoms with Gasteiger partial charge in [-0.05, 0) is 18.2 Å². The van der Waals surface area contributed by atoms with E-state index in [1.807, 2.05) is 25.2 Å². The number of nitrogens with zero attached hydrogens (tertiary/aromatic N) is 1. The normalized spacial score (nSPS) is 19.8. The summed E-state index contributed by atoms with van der Waals surface area (Å²) in [5.74, 6) is 0.116. The summed E-state index contributed by atoms with van der Waals surface area (Å²) in [4.78, 5) is 13.6. The Balaban J connectivity index is 2.33. The van der Waals surface area contributed by atoms with E-state index in [2.05, 4.69) is 21.2 Å². The van der Waals surface area contributed by atoms with Crippen molar-refractivity contribution in [3.8, 4) is 0 Å². The second-order valence-electron chi connectivity index (χ2n) is 4.17. The molecular formula is C12H15BrN2O2. The summed E-state index contributed by atoms with van der Waals surface area (Å²) in [6.07, 6.45) is 0.423. The number of carbonyl (C=O) groups excluding carboxylic acids is 1. The van der Waals surface area contributed by atoms with E-state index in [0.717, 1.165) is 15.8 Å². The average molecular weight is 299 g/mol. The van der Waals surface area contributed by atoms with Crippen LogP contribution in [0.25, 0.3) is 0 Å². The minimum Gasteiger partial charge on any atom is -0.396 e. The smallest absolute Gasteiger partial charge is 0.227 e. The van der Waals surface area contributed by atoms with E-state index >= 15 is 0 Å². The second-order valence-corrected chi connectivity index (χ2v) is 5.08.